The zero-order chi connectivity index (χ0) is 14.3. The van der Waals surface area contributed by atoms with Gasteiger partial charge in [-0.25, -0.2) is 0 Å². The zero-order valence-electron chi connectivity index (χ0n) is 12.6. The van der Waals surface area contributed by atoms with Crippen molar-refractivity contribution in [3.63, 3.8) is 0 Å². The summed E-state index contributed by atoms with van der Waals surface area (Å²) in [5.41, 5.74) is 3.08. The van der Waals surface area contributed by atoms with Crippen LogP contribution in [0.25, 0.3) is 0 Å². The lowest BCUT2D eigenvalue weighted by atomic mass is 9.93. The average Bonchev–Trinajstić information content (AvgIpc) is 2.40. The van der Waals surface area contributed by atoms with Crippen LogP contribution in [0.2, 0.25) is 0 Å². The molecule has 0 aliphatic heterocycles. The summed E-state index contributed by atoms with van der Waals surface area (Å²) in [6, 6.07) is 2.11. The molecule has 0 saturated heterocycles. The molecule has 2 N–H and O–H groups in total. The van der Waals surface area contributed by atoms with Crippen LogP contribution in [0.5, 0.6) is 11.5 Å². The molecule has 0 aliphatic carbocycles. The van der Waals surface area contributed by atoms with Crippen LogP contribution in [0.15, 0.2) is 6.07 Å². The largest absolute Gasteiger partial charge is 0.504 e. The van der Waals surface area contributed by atoms with Crippen LogP contribution in [-0.4, -0.2) is 10.2 Å². The summed E-state index contributed by atoms with van der Waals surface area (Å²) in [7, 11) is 0. The van der Waals surface area contributed by atoms with E-state index in [2.05, 4.69) is 26.8 Å². The van der Waals surface area contributed by atoms with E-state index in [-0.39, 0.29) is 11.5 Å². The van der Waals surface area contributed by atoms with E-state index in [0.29, 0.717) is 0 Å². The molecule has 0 heterocycles. The fraction of sp³-hybridized carbons (Fsp3) is 0.647. The van der Waals surface area contributed by atoms with Crippen molar-refractivity contribution in [1.82, 2.24) is 0 Å². The number of benzene rings is 1. The molecule has 0 unspecified atom stereocenters. The van der Waals surface area contributed by atoms with Gasteiger partial charge in [-0.2, -0.15) is 0 Å². The van der Waals surface area contributed by atoms with E-state index in [1.165, 1.54) is 18.4 Å². The number of rotatable bonds is 8. The highest BCUT2D eigenvalue weighted by atomic mass is 16.3. The fourth-order valence-electron chi connectivity index (χ4n) is 2.59. The third-order valence-electron chi connectivity index (χ3n) is 3.62. The van der Waals surface area contributed by atoms with Crippen LogP contribution in [0.1, 0.15) is 69.6 Å². The Morgan fingerprint density at radius 2 is 1.42 bits per heavy atom. The molecule has 0 saturated carbocycles. The van der Waals surface area contributed by atoms with Crippen molar-refractivity contribution in [2.45, 2.75) is 72.1 Å². The van der Waals surface area contributed by atoms with Gasteiger partial charge < -0.3 is 10.2 Å². The summed E-state index contributed by atoms with van der Waals surface area (Å²) in [5, 5.41) is 20.3. The number of aryl methyl sites for hydroxylation is 2. The number of phenolic OH excluding ortho intramolecular Hbond substituents is 2. The van der Waals surface area contributed by atoms with Crippen molar-refractivity contribution >= 4 is 0 Å². The van der Waals surface area contributed by atoms with E-state index < -0.39 is 0 Å². The van der Waals surface area contributed by atoms with Crippen LogP contribution in [0, 0.1) is 0 Å². The van der Waals surface area contributed by atoms with Crippen LogP contribution in [0.4, 0.5) is 0 Å². The van der Waals surface area contributed by atoms with E-state index in [4.69, 9.17) is 0 Å². The SMILES string of the molecule is CCCCCc1cc(CCC)c(O)c(O)c1CCC. The molecule has 1 rings (SSSR count). The van der Waals surface area contributed by atoms with Gasteiger partial charge in [0.25, 0.3) is 0 Å². The molecule has 108 valence electrons. The number of hydrogen-bond donors (Lipinski definition) is 2. The van der Waals surface area contributed by atoms with Crippen LogP contribution >= 0.6 is 0 Å². The van der Waals surface area contributed by atoms with Crippen molar-refractivity contribution in [2.75, 3.05) is 0 Å². The topological polar surface area (TPSA) is 40.5 Å². The Hall–Kier alpha value is -1.18. The maximum Gasteiger partial charge on any atom is 0.161 e. The maximum absolute atomic E-state index is 10.2. The van der Waals surface area contributed by atoms with Gasteiger partial charge in [-0.3, -0.25) is 0 Å². The van der Waals surface area contributed by atoms with Crippen molar-refractivity contribution in [3.8, 4) is 11.5 Å². The van der Waals surface area contributed by atoms with Gasteiger partial charge in [-0.1, -0.05) is 52.5 Å². The highest BCUT2D eigenvalue weighted by Gasteiger charge is 2.15. The predicted octanol–water partition coefficient (Wildman–Crippen LogP) is 4.74. The minimum atomic E-state index is 0.101. The molecule has 0 atom stereocenters. The maximum atomic E-state index is 10.2. The molecule has 0 bridgehead atoms. The Labute approximate surface area is 117 Å². The second kappa shape index (κ2) is 8.08. The summed E-state index contributed by atoms with van der Waals surface area (Å²) in [6.07, 6.45) is 8.22. The quantitative estimate of drug-likeness (QED) is 0.526. The molecule has 0 spiro atoms. The molecule has 0 fully saturated rings. The van der Waals surface area contributed by atoms with E-state index in [0.717, 1.165) is 49.7 Å². The van der Waals surface area contributed by atoms with E-state index in [1.807, 2.05) is 0 Å². The van der Waals surface area contributed by atoms with Gasteiger partial charge in [0.2, 0.25) is 0 Å². The third kappa shape index (κ3) is 4.15. The van der Waals surface area contributed by atoms with E-state index >= 15 is 0 Å². The molecule has 0 radical (unpaired) electrons. The first-order chi connectivity index (χ1) is 9.15. The monoisotopic (exact) mass is 264 g/mol. The van der Waals surface area contributed by atoms with Crippen LogP contribution in [0.3, 0.4) is 0 Å². The zero-order valence-corrected chi connectivity index (χ0v) is 12.6. The summed E-state index contributed by atoms with van der Waals surface area (Å²) < 4.78 is 0. The molecule has 2 nitrogen and oxygen atoms in total. The summed E-state index contributed by atoms with van der Waals surface area (Å²) in [4.78, 5) is 0. The first-order valence-electron chi connectivity index (χ1n) is 7.71. The molecule has 0 aliphatic rings. The van der Waals surface area contributed by atoms with Crippen molar-refractivity contribution in [2.24, 2.45) is 0 Å². The van der Waals surface area contributed by atoms with E-state index in [1.54, 1.807) is 0 Å². The summed E-state index contributed by atoms with van der Waals surface area (Å²) >= 11 is 0. The fourth-order valence-corrected chi connectivity index (χ4v) is 2.59. The normalized spacial score (nSPS) is 10.9. The van der Waals surface area contributed by atoms with Gasteiger partial charge in [0.1, 0.15) is 0 Å². The molecular formula is C17H28O2. The Balaban J connectivity index is 3.07. The molecule has 0 aromatic heterocycles. The van der Waals surface area contributed by atoms with Gasteiger partial charge in [0.05, 0.1) is 0 Å². The highest BCUT2D eigenvalue weighted by Crippen LogP contribution is 2.37. The highest BCUT2D eigenvalue weighted by molar-refractivity contribution is 5.54. The lowest BCUT2D eigenvalue weighted by Gasteiger charge is -2.15. The van der Waals surface area contributed by atoms with Gasteiger partial charge >= 0.3 is 0 Å². The standard InChI is InChI=1S/C17H28O2/c1-4-7-8-11-13-12-14(9-5-2)16(18)17(19)15(13)10-6-3/h12,18-19H,4-11H2,1-3H3. The first-order valence-corrected chi connectivity index (χ1v) is 7.71. The van der Waals surface area contributed by atoms with E-state index in [9.17, 15) is 10.2 Å². The summed E-state index contributed by atoms with van der Waals surface area (Å²) in [5.74, 6) is 0.226. The van der Waals surface area contributed by atoms with Crippen LogP contribution < -0.4 is 0 Å². The van der Waals surface area contributed by atoms with Crippen LogP contribution in [-0.2, 0) is 19.3 Å². The third-order valence-corrected chi connectivity index (χ3v) is 3.62. The molecule has 2 heteroatoms. The van der Waals surface area contributed by atoms with Gasteiger partial charge in [0.15, 0.2) is 11.5 Å². The number of phenols is 2. The van der Waals surface area contributed by atoms with Crippen molar-refractivity contribution in [3.05, 3.63) is 22.8 Å². The molecule has 1 aromatic carbocycles. The predicted molar refractivity (Wildman–Crippen MR) is 81.0 cm³/mol. The average molecular weight is 264 g/mol. The Kier molecular flexibility index (Phi) is 6.75. The number of unbranched alkanes of at least 4 members (excludes halogenated alkanes) is 2. The van der Waals surface area contributed by atoms with Gasteiger partial charge in [0, 0.05) is 5.56 Å². The van der Waals surface area contributed by atoms with Gasteiger partial charge in [-0.05, 0) is 36.8 Å². The Morgan fingerprint density at radius 3 is 2.00 bits per heavy atom. The smallest absolute Gasteiger partial charge is 0.161 e. The lowest BCUT2D eigenvalue weighted by Crippen LogP contribution is -1.99. The van der Waals surface area contributed by atoms with Crippen molar-refractivity contribution in [1.29, 1.82) is 0 Å². The number of hydrogen-bond acceptors (Lipinski definition) is 2. The second-order valence-corrected chi connectivity index (χ2v) is 5.33. The Morgan fingerprint density at radius 1 is 0.737 bits per heavy atom. The van der Waals surface area contributed by atoms with Crippen molar-refractivity contribution < 1.29 is 10.2 Å². The first kappa shape index (κ1) is 15.9. The van der Waals surface area contributed by atoms with Gasteiger partial charge in [-0.15, -0.1) is 0 Å². The summed E-state index contributed by atoms with van der Waals surface area (Å²) in [6.45, 7) is 6.39. The molecule has 19 heavy (non-hydrogen) atoms. The minimum Gasteiger partial charge on any atom is -0.504 e. The minimum absolute atomic E-state index is 0.101. The Bertz CT molecular complexity index is 397. The molecular weight excluding hydrogens is 236 g/mol. The lowest BCUT2D eigenvalue weighted by molar-refractivity contribution is 0.393. The molecule has 0 amide bonds. The molecule has 1 aromatic rings. The second-order valence-electron chi connectivity index (χ2n) is 5.33. The number of aromatic hydroxyl groups is 2.